The Morgan fingerprint density at radius 1 is 1.11 bits per heavy atom. The van der Waals surface area contributed by atoms with E-state index in [1.54, 1.807) is 0 Å². The van der Waals surface area contributed by atoms with Gasteiger partial charge in [0.25, 0.3) is 0 Å². The Kier molecular flexibility index (Phi) is 5.72. The summed E-state index contributed by atoms with van der Waals surface area (Å²) in [6, 6.07) is 15.9. The average molecular weight is 402 g/mol. The molecule has 0 saturated heterocycles. The van der Waals surface area contributed by atoms with Crippen LogP contribution in [-0.2, 0) is 9.84 Å². The number of hydrogen-bond acceptors (Lipinski definition) is 3. The summed E-state index contributed by atoms with van der Waals surface area (Å²) < 4.78 is 27.4. The van der Waals surface area contributed by atoms with Gasteiger partial charge in [0.2, 0.25) is 0 Å². The standard InChI is InChI=1S/C23H33N2O2S/c1-6-7-15-23(2)17-28(26,27)21-14-13-19(25(3,4)5)16-20(21)22(24-23)18-11-9-8-10-12-18/h8-14,16,22,24H,6-7,15,17H2,1-5H3/q+1/t22-,23?/m1/s1. The van der Waals surface area contributed by atoms with E-state index in [1.165, 1.54) is 0 Å². The van der Waals surface area contributed by atoms with Gasteiger partial charge in [0.1, 0.15) is 5.69 Å². The molecule has 2 atom stereocenters. The number of sulfone groups is 1. The molecule has 4 nitrogen and oxygen atoms in total. The molecule has 0 saturated carbocycles. The van der Waals surface area contributed by atoms with Gasteiger partial charge in [-0.15, -0.1) is 0 Å². The van der Waals surface area contributed by atoms with Crippen LogP contribution in [0.15, 0.2) is 53.4 Å². The highest BCUT2D eigenvalue weighted by atomic mass is 32.2. The van der Waals surface area contributed by atoms with Crippen molar-refractivity contribution in [1.29, 1.82) is 0 Å². The highest BCUT2D eigenvalue weighted by Gasteiger charge is 2.40. The molecule has 1 heterocycles. The number of rotatable bonds is 5. The maximum Gasteiger partial charge on any atom is 0.180 e. The Morgan fingerprint density at radius 2 is 1.79 bits per heavy atom. The number of unbranched alkanes of at least 4 members (excludes halogenated alkanes) is 1. The van der Waals surface area contributed by atoms with Crippen molar-refractivity contribution < 1.29 is 8.42 Å². The fraction of sp³-hybridized carbons (Fsp3) is 0.478. The fourth-order valence-corrected chi connectivity index (χ4v) is 6.08. The number of quaternary nitrogens is 1. The first-order valence-corrected chi connectivity index (χ1v) is 11.7. The second-order valence-electron chi connectivity index (χ2n) is 9.15. The molecule has 2 aromatic rings. The molecule has 1 aliphatic heterocycles. The molecule has 1 N–H and O–H groups in total. The van der Waals surface area contributed by atoms with Crippen molar-refractivity contribution in [3.05, 3.63) is 59.7 Å². The molecule has 1 aliphatic rings. The van der Waals surface area contributed by atoms with Gasteiger partial charge in [-0.3, -0.25) is 9.80 Å². The molecule has 0 fully saturated rings. The van der Waals surface area contributed by atoms with Crippen molar-refractivity contribution in [2.24, 2.45) is 0 Å². The molecule has 3 rings (SSSR count). The highest BCUT2D eigenvalue weighted by Crippen LogP contribution is 2.38. The Bertz CT molecular complexity index is 933. The Balaban J connectivity index is 2.22. The van der Waals surface area contributed by atoms with Crippen molar-refractivity contribution >= 4 is 15.5 Å². The third-order valence-electron chi connectivity index (χ3n) is 5.63. The van der Waals surface area contributed by atoms with Crippen LogP contribution in [0.3, 0.4) is 0 Å². The van der Waals surface area contributed by atoms with E-state index < -0.39 is 15.4 Å². The van der Waals surface area contributed by atoms with Crippen LogP contribution in [0, 0.1) is 0 Å². The van der Waals surface area contributed by atoms with Gasteiger partial charge >= 0.3 is 0 Å². The molecule has 5 heteroatoms. The zero-order valence-electron chi connectivity index (χ0n) is 17.7. The smallest absolute Gasteiger partial charge is 0.180 e. The summed E-state index contributed by atoms with van der Waals surface area (Å²) in [6.07, 6.45) is 2.88. The summed E-state index contributed by atoms with van der Waals surface area (Å²) in [6.45, 7) is 4.20. The quantitative estimate of drug-likeness (QED) is 0.760. The summed E-state index contributed by atoms with van der Waals surface area (Å²) in [4.78, 5) is 0.464. The molecule has 0 amide bonds. The lowest BCUT2D eigenvalue weighted by atomic mass is 9.91. The van der Waals surface area contributed by atoms with E-state index in [2.05, 4.69) is 58.5 Å². The van der Waals surface area contributed by atoms with Crippen LogP contribution in [0.2, 0.25) is 0 Å². The maximum atomic E-state index is 13.4. The highest BCUT2D eigenvalue weighted by molar-refractivity contribution is 7.91. The van der Waals surface area contributed by atoms with Gasteiger partial charge in [0.15, 0.2) is 9.84 Å². The Labute approximate surface area is 170 Å². The zero-order valence-corrected chi connectivity index (χ0v) is 18.5. The fourth-order valence-electron chi connectivity index (χ4n) is 4.05. The van der Waals surface area contributed by atoms with Gasteiger partial charge in [0, 0.05) is 17.7 Å². The number of nitrogens with zero attached hydrogens (tertiary/aromatic N) is 1. The van der Waals surface area contributed by atoms with Gasteiger partial charge in [-0.1, -0.05) is 50.1 Å². The molecular weight excluding hydrogens is 368 g/mol. The van der Waals surface area contributed by atoms with Gasteiger partial charge in [-0.25, -0.2) is 8.42 Å². The Hall–Kier alpha value is -1.69. The summed E-state index contributed by atoms with van der Waals surface area (Å²) in [5.41, 5.74) is 2.58. The first-order chi connectivity index (χ1) is 13.1. The minimum absolute atomic E-state index is 0.125. The number of nitrogens with one attached hydrogen (secondary N) is 1. The summed E-state index contributed by atoms with van der Waals surface area (Å²) >= 11 is 0. The van der Waals surface area contributed by atoms with Crippen LogP contribution < -0.4 is 9.80 Å². The first-order valence-electron chi connectivity index (χ1n) is 10.1. The molecule has 0 aromatic heterocycles. The third-order valence-corrected chi connectivity index (χ3v) is 7.69. The monoisotopic (exact) mass is 401 g/mol. The lowest BCUT2D eigenvalue weighted by Gasteiger charge is -2.33. The maximum absolute atomic E-state index is 13.4. The molecule has 0 radical (unpaired) electrons. The molecular formula is C23H33N2O2S+. The summed E-state index contributed by atoms with van der Waals surface area (Å²) in [5.74, 6) is 0.125. The molecule has 28 heavy (non-hydrogen) atoms. The van der Waals surface area contributed by atoms with E-state index in [0.29, 0.717) is 9.38 Å². The van der Waals surface area contributed by atoms with Crippen molar-refractivity contribution in [1.82, 2.24) is 9.80 Å². The van der Waals surface area contributed by atoms with Crippen molar-refractivity contribution in [3.8, 4) is 0 Å². The largest absolute Gasteiger partial charge is 0.300 e. The van der Waals surface area contributed by atoms with Crippen molar-refractivity contribution in [3.63, 3.8) is 0 Å². The minimum atomic E-state index is -3.39. The third kappa shape index (κ3) is 4.32. The van der Waals surface area contributed by atoms with Crippen LogP contribution in [0.5, 0.6) is 0 Å². The van der Waals surface area contributed by atoms with Gasteiger partial charge in [0.05, 0.1) is 37.8 Å². The number of hydrogen-bond donors (Lipinski definition) is 1. The second kappa shape index (κ2) is 7.62. The second-order valence-corrected chi connectivity index (χ2v) is 11.1. The SMILES string of the molecule is CCCCC1(C)CS(=O)(=O)c2ccc([N+](C)(C)C)cc2[C@@H](c2ccccc2)N1. The van der Waals surface area contributed by atoms with E-state index in [4.69, 9.17) is 0 Å². The first kappa shape index (κ1) is 21.0. The van der Waals surface area contributed by atoms with Crippen LogP contribution in [0.4, 0.5) is 5.69 Å². The van der Waals surface area contributed by atoms with Gasteiger partial charge < -0.3 is 0 Å². The van der Waals surface area contributed by atoms with Crippen LogP contribution in [0.1, 0.15) is 50.3 Å². The van der Waals surface area contributed by atoms with E-state index in [-0.39, 0.29) is 11.8 Å². The lowest BCUT2D eigenvalue weighted by Crippen LogP contribution is -2.47. The summed E-state index contributed by atoms with van der Waals surface area (Å²) in [5, 5.41) is 3.75. The van der Waals surface area contributed by atoms with Crippen LogP contribution in [0.25, 0.3) is 0 Å². The lowest BCUT2D eigenvalue weighted by molar-refractivity contribution is 0.332. The normalized spacial score (nSPS) is 24.4. The molecule has 0 bridgehead atoms. The van der Waals surface area contributed by atoms with Crippen LogP contribution in [-0.4, -0.2) is 40.9 Å². The molecule has 0 aliphatic carbocycles. The minimum Gasteiger partial charge on any atom is -0.300 e. The summed E-state index contributed by atoms with van der Waals surface area (Å²) in [7, 11) is 2.91. The topological polar surface area (TPSA) is 46.2 Å². The zero-order chi connectivity index (χ0) is 20.6. The van der Waals surface area contributed by atoms with Crippen molar-refractivity contribution in [2.45, 2.75) is 49.6 Å². The van der Waals surface area contributed by atoms with E-state index in [1.807, 2.05) is 30.3 Å². The van der Waals surface area contributed by atoms with E-state index in [0.717, 1.165) is 36.1 Å². The van der Waals surface area contributed by atoms with E-state index in [9.17, 15) is 8.42 Å². The van der Waals surface area contributed by atoms with Gasteiger partial charge in [-0.05, 0) is 30.5 Å². The molecule has 0 spiro atoms. The molecule has 2 aromatic carbocycles. The van der Waals surface area contributed by atoms with Crippen LogP contribution >= 0.6 is 0 Å². The molecule has 1 unspecified atom stereocenters. The van der Waals surface area contributed by atoms with Gasteiger partial charge in [-0.2, -0.15) is 0 Å². The predicted molar refractivity (Wildman–Crippen MR) is 117 cm³/mol. The average Bonchev–Trinajstić information content (AvgIpc) is 2.72. The van der Waals surface area contributed by atoms with Crippen molar-refractivity contribution in [2.75, 3.05) is 26.9 Å². The number of benzene rings is 2. The Morgan fingerprint density at radius 3 is 2.39 bits per heavy atom. The van der Waals surface area contributed by atoms with E-state index >= 15 is 0 Å². The number of fused-ring (bicyclic) bond motifs is 1. The predicted octanol–water partition coefficient (Wildman–Crippen LogP) is 4.30. The molecule has 152 valence electrons.